The molecule has 0 aliphatic carbocycles. The van der Waals surface area contributed by atoms with Crippen molar-refractivity contribution in [3.05, 3.63) is 47.2 Å². The van der Waals surface area contributed by atoms with Crippen LogP contribution in [0.4, 0.5) is 15.8 Å². The van der Waals surface area contributed by atoms with E-state index in [2.05, 4.69) is 4.72 Å². The van der Waals surface area contributed by atoms with Crippen molar-refractivity contribution in [2.24, 2.45) is 0 Å². The average molecular weight is 331 g/mol. The summed E-state index contributed by atoms with van der Waals surface area (Å²) in [6.45, 7) is 0. The topological polar surface area (TPSA) is 81.4 Å². The molecule has 2 aromatic rings. The number of nitrogens with one attached hydrogen (secondary N) is 1. The lowest BCUT2D eigenvalue weighted by atomic mass is 10.2. The molecular formula is C13H12ClFN2O3S. The molecule has 0 heterocycles. The maximum Gasteiger partial charge on any atom is 0.262 e. The number of nitrogen functional groups attached to an aromatic ring is 1. The number of benzene rings is 2. The van der Waals surface area contributed by atoms with Gasteiger partial charge in [0.15, 0.2) is 0 Å². The molecule has 0 spiro atoms. The number of halogens is 2. The van der Waals surface area contributed by atoms with Crippen LogP contribution in [0.5, 0.6) is 5.75 Å². The van der Waals surface area contributed by atoms with Gasteiger partial charge in [0.05, 0.1) is 28.4 Å². The van der Waals surface area contributed by atoms with E-state index in [0.717, 1.165) is 18.2 Å². The summed E-state index contributed by atoms with van der Waals surface area (Å²) in [5.74, 6) is -0.254. The van der Waals surface area contributed by atoms with Crippen molar-refractivity contribution in [3.63, 3.8) is 0 Å². The first-order chi connectivity index (χ1) is 9.83. The molecule has 3 N–H and O–H groups in total. The van der Waals surface area contributed by atoms with Crippen LogP contribution in [0.2, 0.25) is 5.02 Å². The molecule has 0 amide bonds. The Balaban J connectivity index is 2.39. The zero-order chi connectivity index (χ0) is 15.6. The third kappa shape index (κ3) is 3.37. The molecule has 0 bridgehead atoms. The van der Waals surface area contributed by atoms with Crippen molar-refractivity contribution in [2.45, 2.75) is 4.90 Å². The van der Waals surface area contributed by atoms with Crippen LogP contribution in [-0.2, 0) is 10.0 Å². The van der Waals surface area contributed by atoms with Crippen molar-refractivity contribution in [2.75, 3.05) is 17.6 Å². The molecule has 0 atom stereocenters. The predicted molar refractivity (Wildman–Crippen MR) is 79.6 cm³/mol. The summed E-state index contributed by atoms with van der Waals surface area (Å²) in [4.78, 5) is -0.170. The number of nitrogens with two attached hydrogens (primary N) is 1. The van der Waals surface area contributed by atoms with Crippen LogP contribution in [0, 0.1) is 5.82 Å². The second-order valence-electron chi connectivity index (χ2n) is 4.13. The molecule has 0 unspecified atom stereocenters. The summed E-state index contributed by atoms with van der Waals surface area (Å²) in [6.07, 6.45) is 0. The Morgan fingerprint density at radius 3 is 2.57 bits per heavy atom. The second kappa shape index (κ2) is 5.79. The summed E-state index contributed by atoms with van der Waals surface area (Å²) >= 11 is 5.59. The smallest absolute Gasteiger partial charge is 0.262 e. The van der Waals surface area contributed by atoms with E-state index in [-0.39, 0.29) is 21.3 Å². The number of sulfonamides is 1. The van der Waals surface area contributed by atoms with Crippen LogP contribution in [0.1, 0.15) is 0 Å². The fraction of sp³-hybridized carbons (Fsp3) is 0.0769. The molecule has 8 heteroatoms. The molecule has 0 saturated carbocycles. The predicted octanol–water partition coefficient (Wildman–Crippen LogP) is 2.87. The minimum atomic E-state index is -3.94. The van der Waals surface area contributed by atoms with Crippen LogP contribution < -0.4 is 15.2 Å². The molecule has 0 aliphatic heterocycles. The number of hydrogen-bond donors (Lipinski definition) is 2. The van der Waals surface area contributed by atoms with E-state index in [1.54, 1.807) is 6.07 Å². The minimum absolute atomic E-state index is 0.162. The summed E-state index contributed by atoms with van der Waals surface area (Å²) in [6, 6.07) is 7.66. The van der Waals surface area contributed by atoms with Crippen molar-refractivity contribution in [1.82, 2.24) is 0 Å². The SMILES string of the molecule is COc1ccc(N)c(NS(=O)(=O)c2ccc(F)c(Cl)c2)c1. The molecule has 21 heavy (non-hydrogen) atoms. The van der Waals surface area contributed by atoms with E-state index in [1.165, 1.54) is 19.2 Å². The van der Waals surface area contributed by atoms with Gasteiger partial charge in [0.2, 0.25) is 0 Å². The lowest BCUT2D eigenvalue weighted by Crippen LogP contribution is -2.14. The Bertz CT molecular complexity index is 781. The van der Waals surface area contributed by atoms with E-state index < -0.39 is 15.8 Å². The fourth-order valence-corrected chi connectivity index (χ4v) is 2.95. The third-order valence-corrected chi connectivity index (χ3v) is 4.36. The first kappa shape index (κ1) is 15.4. The van der Waals surface area contributed by atoms with Gasteiger partial charge in [-0.2, -0.15) is 0 Å². The Kier molecular flexibility index (Phi) is 4.24. The highest BCUT2D eigenvalue weighted by Gasteiger charge is 2.17. The summed E-state index contributed by atoms with van der Waals surface area (Å²) < 4.78 is 44.9. The van der Waals surface area contributed by atoms with Gasteiger partial charge in [0.25, 0.3) is 10.0 Å². The molecule has 112 valence electrons. The quantitative estimate of drug-likeness (QED) is 0.845. The molecule has 0 aliphatic rings. The standard InChI is InChI=1S/C13H12ClFN2O3S/c1-20-8-2-5-12(16)13(6-8)17-21(18,19)9-3-4-11(15)10(14)7-9/h2-7,17H,16H2,1H3. The van der Waals surface area contributed by atoms with Gasteiger partial charge in [-0.3, -0.25) is 4.72 Å². The number of anilines is 2. The molecule has 2 rings (SSSR count). The van der Waals surface area contributed by atoms with Gasteiger partial charge in [-0.1, -0.05) is 11.6 Å². The van der Waals surface area contributed by atoms with Crippen molar-refractivity contribution < 1.29 is 17.5 Å². The van der Waals surface area contributed by atoms with E-state index in [1.807, 2.05) is 0 Å². The Morgan fingerprint density at radius 2 is 1.95 bits per heavy atom. The lowest BCUT2D eigenvalue weighted by molar-refractivity contribution is 0.415. The van der Waals surface area contributed by atoms with Gasteiger partial charge in [-0.15, -0.1) is 0 Å². The summed E-state index contributed by atoms with van der Waals surface area (Å²) in [7, 11) is -2.49. The van der Waals surface area contributed by atoms with Crippen molar-refractivity contribution in [1.29, 1.82) is 0 Å². The van der Waals surface area contributed by atoms with E-state index in [9.17, 15) is 12.8 Å². The van der Waals surface area contributed by atoms with Crippen LogP contribution in [0.25, 0.3) is 0 Å². The van der Waals surface area contributed by atoms with Gasteiger partial charge in [-0.25, -0.2) is 12.8 Å². The number of rotatable bonds is 4. The summed E-state index contributed by atoms with van der Waals surface area (Å²) in [5, 5.41) is -0.281. The number of hydrogen-bond acceptors (Lipinski definition) is 4. The second-order valence-corrected chi connectivity index (χ2v) is 6.22. The van der Waals surface area contributed by atoms with Gasteiger partial charge < -0.3 is 10.5 Å². The molecule has 2 aromatic carbocycles. The van der Waals surface area contributed by atoms with Gasteiger partial charge >= 0.3 is 0 Å². The highest BCUT2D eigenvalue weighted by atomic mass is 35.5. The highest BCUT2D eigenvalue weighted by molar-refractivity contribution is 7.92. The molecule has 0 aromatic heterocycles. The van der Waals surface area contributed by atoms with Crippen LogP contribution in [-0.4, -0.2) is 15.5 Å². The first-order valence-corrected chi connectivity index (χ1v) is 7.61. The van der Waals surface area contributed by atoms with E-state index in [0.29, 0.717) is 5.75 Å². The minimum Gasteiger partial charge on any atom is -0.497 e. The molecular weight excluding hydrogens is 319 g/mol. The molecule has 0 radical (unpaired) electrons. The lowest BCUT2D eigenvalue weighted by Gasteiger charge is -2.12. The monoisotopic (exact) mass is 330 g/mol. The van der Waals surface area contributed by atoms with Crippen LogP contribution >= 0.6 is 11.6 Å². The van der Waals surface area contributed by atoms with Crippen LogP contribution in [0.3, 0.4) is 0 Å². The molecule has 0 fully saturated rings. The van der Waals surface area contributed by atoms with Crippen LogP contribution in [0.15, 0.2) is 41.3 Å². The largest absolute Gasteiger partial charge is 0.497 e. The highest BCUT2D eigenvalue weighted by Crippen LogP contribution is 2.28. The average Bonchev–Trinajstić information content (AvgIpc) is 2.44. The maximum atomic E-state index is 13.1. The van der Waals surface area contributed by atoms with E-state index >= 15 is 0 Å². The molecule has 5 nitrogen and oxygen atoms in total. The number of methoxy groups -OCH3 is 1. The van der Waals surface area contributed by atoms with Crippen molar-refractivity contribution in [3.8, 4) is 5.75 Å². The normalized spacial score (nSPS) is 11.2. The fourth-order valence-electron chi connectivity index (χ4n) is 1.60. The molecule has 0 saturated heterocycles. The number of ether oxygens (including phenoxy) is 1. The van der Waals surface area contributed by atoms with Gasteiger partial charge in [-0.05, 0) is 30.3 Å². The van der Waals surface area contributed by atoms with Gasteiger partial charge in [0, 0.05) is 6.07 Å². The third-order valence-electron chi connectivity index (χ3n) is 2.71. The maximum absolute atomic E-state index is 13.1. The van der Waals surface area contributed by atoms with Gasteiger partial charge in [0.1, 0.15) is 11.6 Å². The Hall–Kier alpha value is -1.99. The Labute approximate surface area is 126 Å². The zero-order valence-electron chi connectivity index (χ0n) is 10.9. The van der Waals surface area contributed by atoms with Crippen molar-refractivity contribution >= 4 is 33.0 Å². The Morgan fingerprint density at radius 1 is 1.24 bits per heavy atom. The first-order valence-electron chi connectivity index (χ1n) is 5.75. The zero-order valence-corrected chi connectivity index (χ0v) is 12.5. The summed E-state index contributed by atoms with van der Waals surface area (Å²) in [5.41, 5.74) is 6.11. The van der Waals surface area contributed by atoms with E-state index in [4.69, 9.17) is 22.1 Å².